The number of rotatable bonds is 4. The maximum Gasteiger partial charge on any atom is 0.338 e. The van der Waals surface area contributed by atoms with Crippen LogP contribution in [0.3, 0.4) is 0 Å². The highest BCUT2D eigenvalue weighted by molar-refractivity contribution is 9.10. The fraction of sp³-hybridized carbons (Fsp3) is 0.364. The Kier molecular flexibility index (Phi) is 4.62. The van der Waals surface area contributed by atoms with Gasteiger partial charge >= 0.3 is 5.97 Å². The van der Waals surface area contributed by atoms with Gasteiger partial charge in [-0.05, 0) is 41.4 Å². The van der Waals surface area contributed by atoms with Crippen molar-refractivity contribution in [3.63, 3.8) is 0 Å². The van der Waals surface area contributed by atoms with E-state index in [0.717, 1.165) is 0 Å². The lowest BCUT2D eigenvalue weighted by Gasteiger charge is -2.07. The van der Waals surface area contributed by atoms with Crippen LogP contribution in [0.2, 0.25) is 0 Å². The van der Waals surface area contributed by atoms with Crippen molar-refractivity contribution >= 4 is 27.6 Å². The van der Waals surface area contributed by atoms with E-state index >= 15 is 0 Å². The van der Waals surface area contributed by atoms with Gasteiger partial charge in [0.1, 0.15) is 0 Å². The van der Waals surface area contributed by atoms with Crippen LogP contribution in [-0.2, 0) is 4.74 Å². The molecule has 0 N–H and O–H groups in total. The lowest BCUT2D eigenvalue weighted by molar-refractivity contribution is -0.386. The van der Waals surface area contributed by atoms with Crippen LogP contribution in [0.4, 0.5) is 5.69 Å². The molecule has 0 aliphatic rings. The van der Waals surface area contributed by atoms with Crippen molar-refractivity contribution in [1.29, 1.82) is 0 Å². The third-order valence-corrected chi connectivity index (χ3v) is 2.86. The second kappa shape index (κ2) is 5.77. The second-order valence-electron chi connectivity index (χ2n) is 3.46. The molecule has 0 saturated carbocycles. The zero-order chi connectivity index (χ0) is 13.0. The zero-order valence-electron chi connectivity index (χ0n) is 9.53. The molecule has 0 unspecified atom stereocenters. The van der Waals surface area contributed by atoms with Gasteiger partial charge in [-0.1, -0.05) is 6.92 Å². The molecule has 0 saturated heterocycles. The molecule has 1 aromatic carbocycles. The molecule has 0 bridgehead atoms. The van der Waals surface area contributed by atoms with E-state index in [4.69, 9.17) is 4.74 Å². The van der Waals surface area contributed by atoms with Crippen molar-refractivity contribution in [2.24, 2.45) is 0 Å². The van der Waals surface area contributed by atoms with E-state index in [1.165, 1.54) is 19.1 Å². The van der Waals surface area contributed by atoms with Crippen molar-refractivity contribution in [2.45, 2.75) is 20.3 Å². The number of nitrogens with zero attached hydrogens (tertiary/aromatic N) is 1. The molecule has 0 spiro atoms. The van der Waals surface area contributed by atoms with E-state index < -0.39 is 10.9 Å². The van der Waals surface area contributed by atoms with Gasteiger partial charge in [0.2, 0.25) is 0 Å². The molecule has 17 heavy (non-hydrogen) atoms. The highest BCUT2D eigenvalue weighted by atomic mass is 79.9. The SMILES string of the molecule is CCCOC(=O)c1ccc(Br)c([N+](=O)[O-])c1C. The Bertz CT molecular complexity index is 459. The molecule has 5 nitrogen and oxygen atoms in total. The largest absolute Gasteiger partial charge is 0.462 e. The van der Waals surface area contributed by atoms with Crippen LogP contribution in [0.1, 0.15) is 29.3 Å². The summed E-state index contributed by atoms with van der Waals surface area (Å²) in [5.41, 5.74) is 0.440. The number of hydrogen-bond acceptors (Lipinski definition) is 4. The normalized spacial score (nSPS) is 10.1. The summed E-state index contributed by atoms with van der Waals surface area (Å²) in [6.45, 7) is 3.72. The molecule has 0 radical (unpaired) electrons. The summed E-state index contributed by atoms with van der Waals surface area (Å²) in [7, 11) is 0. The third kappa shape index (κ3) is 3.03. The Morgan fingerprint density at radius 1 is 1.53 bits per heavy atom. The number of benzene rings is 1. The Morgan fingerprint density at radius 2 is 2.18 bits per heavy atom. The van der Waals surface area contributed by atoms with Crippen molar-refractivity contribution in [3.8, 4) is 0 Å². The maximum atomic E-state index is 11.7. The smallest absolute Gasteiger partial charge is 0.338 e. The van der Waals surface area contributed by atoms with E-state index in [0.29, 0.717) is 23.1 Å². The summed E-state index contributed by atoms with van der Waals surface area (Å²) < 4.78 is 5.31. The minimum atomic E-state index is -0.528. The van der Waals surface area contributed by atoms with Crippen LogP contribution in [0, 0.1) is 17.0 Å². The lowest BCUT2D eigenvalue weighted by Crippen LogP contribution is -2.09. The predicted molar refractivity (Wildman–Crippen MR) is 66.1 cm³/mol. The molecule has 0 fully saturated rings. The molecule has 1 rings (SSSR count). The fourth-order valence-corrected chi connectivity index (χ4v) is 1.96. The number of halogens is 1. The van der Waals surface area contributed by atoms with Crippen LogP contribution in [0.25, 0.3) is 0 Å². The number of carbonyl (C=O) groups excluding carboxylic acids is 1. The van der Waals surface area contributed by atoms with E-state index in [1.54, 1.807) is 0 Å². The summed E-state index contributed by atoms with van der Waals surface area (Å²) in [6, 6.07) is 3.00. The summed E-state index contributed by atoms with van der Waals surface area (Å²) in [5.74, 6) is -0.528. The minimum Gasteiger partial charge on any atom is -0.462 e. The molecule has 92 valence electrons. The van der Waals surface area contributed by atoms with E-state index in [1.807, 2.05) is 6.92 Å². The van der Waals surface area contributed by atoms with E-state index in [2.05, 4.69) is 15.9 Å². The van der Waals surface area contributed by atoms with Crippen LogP contribution >= 0.6 is 15.9 Å². The van der Waals surface area contributed by atoms with Gasteiger partial charge in [0.15, 0.2) is 0 Å². The molecule has 0 aromatic heterocycles. The lowest BCUT2D eigenvalue weighted by atomic mass is 10.1. The van der Waals surface area contributed by atoms with Gasteiger partial charge < -0.3 is 4.74 Å². The van der Waals surface area contributed by atoms with Gasteiger partial charge in [0, 0.05) is 5.56 Å². The quantitative estimate of drug-likeness (QED) is 0.486. The fourth-order valence-electron chi connectivity index (χ4n) is 1.38. The Hall–Kier alpha value is -1.43. The number of ether oxygens (including phenoxy) is 1. The molecule has 0 amide bonds. The minimum absolute atomic E-state index is 0.101. The van der Waals surface area contributed by atoms with Gasteiger partial charge in [-0.15, -0.1) is 0 Å². The molecular formula is C11H12BrNO4. The van der Waals surface area contributed by atoms with Gasteiger partial charge in [-0.25, -0.2) is 4.79 Å². The molecule has 0 aliphatic carbocycles. The monoisotopic (exact) mass is 301 g/mol. The second-order valence-corrected chi connectivity index (χ2v) is 4.32. The first-order valence-electron chi connectivity index (χ1n) is 5.09. The number of hydrogen-bond donors (Lipinski definition) is 0. The van der Waals surface area contributed by atoms with E-state index in [9.17, 15) is 14.9 Å². The highest BCUT2D eigenvalue weighted by Gasteiger charge is 2.22. The summed E-state index contributed by atoms with van der Waals surface area (Å²) in [5, 5.41) is 10.9. The van der Waals surface area contributed by atoms with Crippen LogP contribution in [-0.4, -0.2) is 17.5 Å². The Labute approximate surface area is 107 Å². The van der Waals surface area contributed by atoms with Crippen molar-refractivity contribution in [2.75, 3.05) is 6.61 Å². The molecular weight excluding hydrogens is 290 g/mol. The topological polar surface area (TPSA) is 69.4 Å². The highest BCUT2D eigenvalue weighted by Crippen LogP contribution is 2.30. The first kappa shape index (κ1) is 13.6. The average Bonchev–Trinajstić information content (AvgIpc) is 2.25. The molecule has 0 atom stereocenters. The molecule has 0 heterocycles. The number of carbonyl (C=O) groups is 1. The summed E-state index contributed by atoms with van der Waals surface area (Å²) in [6.07, 6.45) is 0.712. The van der Waals surface area contributed by atoms with Crippen LogP contribution < -0.4 is 0 Å². The number of nitro groups is 1. The Balaban J connectivity index is 3.14. The van der Waals surface area contributed by atoms with Gasteiger partial charge in [-0.3, -0.25) is 10.1 Å². The zero-order valence-corrected chi connectivity index (χ0v) is 11.1. The van der Waals surface area contributed by atoms with Crippen molar-refractivity contribution < 1.29 is 14.5 Å². The van der Waals surface area contributed by atoms with Crippen molar-refractivity contribution in [3.05, 3.63) is 37.8 Å². The number of nitro benzene ring substituents is 1. The predicted octanol–water partition coefficient (Wildman–Crippen LogP) is 3.23. The Morgan fingerprint density at radius 3 is 2.71 bits per heavy atom. The molecule has 1 aromatic rings. The van der Waals surface area contributed by atoms with Gasteiger partial charge in [0.05, 0.1) is 21.6 Å². The van der Waals surface area contributed by atoms with Gasteiger partial charge in [-0.2, -0.15) is 0 Å². The standard InChI is InChI=1S/C11H12BrNO4/c1-3-6-17-11(14)8-4-5-9(12)10(7(8)2)13(15)16/h4-5H,3,6H2,1-2H3. The number of esters is 1. The van der Waals surface area contributed by atoms with E-state index in [-0.39, 0.29) is 11.3 Å². The van der Waals surface area contributed by atoms with Gasteiger partial charge in [0.25, 0.3) is 5.69 Å². The average molecular weight is 302 g/mol. The molecule has 0 aliphatic heterocycles. The first-order chi connectivity index (χ1) is 7.99. The van der Waals surface area contributed by atoms with Crippen LogP contribution in [0.5, 0.6) is 0 Å². The van der Waals surface area contributed by atoms with Crippen LogP contribution in [0.15, 0.2) is 16.6 Å². The summed E-state index contributed by atoms with van der Waals surface area (Å²) >= 11 is 3.09. The molecule has 6 heteroatoms. The first-order valence-corrected chi connectivity index (χ1v) is 5.89. The maximum absolute atomic E-state index is 11.7. The summed E-state index contributed by atoms with van der Waals surface area (Å²) in [4.78, 5) is 22.0. The van der Waals surface area contributed by atoms with Crippen molar-refractivity contribution in [1.82, 2.24) is 0 Å². The third-order valence-electron chi connectivity index (χ3n) is 2.22.